The number of hydrogen-bond donors (Lipinski definition) is 0. The van der Waals surface area contributed by atoms with Crippen LogP contribution in [0.15, 0.2) is 53.4 Å². The fourth-order valence-electron chi connectivity index (χ4n) is 2.35. The van der Waals surface area contributed by atoms with Crippen molar-refractivity contribution in [2.45, 2.75) is 6.92 Å². The number of carbonyl (C=O) groups is 1. The summed E-state index contributed by atoms with van der Waals surface area (Å²) in [5, 5.41) is 0. The zero-order valence-corrected chi connectivity index (χ0v) is 14.4. The third kappa shape index (κ3) is 3.16. The van der Waals surface area contributed by atoms with E-state index in [2.05, 4.69) is 0 Å². The van der Waals surface area contributed by atoms with Crippen molar-refractivity contribution in [1.82, 2.24) is 0 Å². The van der Waals surface area contributed by atoms with E-state index < -0.39 is 0 Å². The topological polar surface area (TPSA) is 29.5 Å². The van der Waals surface area contributed by atoms with E-state index in [1.165, 1.54) is 11.8 Å². The Morgan fingerprint density at radius 1 is 1.17 bits per heavy atom. The number of nitrogens with zero attached hydrogens (tertiary/aromatic N) is 1. The molecule has 1 heterocycles. The molecule has 0 unspecified atom stereocenters. The second kappa shape index (κ2) is 6.56. The normalized spacial score (nSPS) is 16.3. The van der Waals surface area contributed by atoms with Crippen LogP contribution in [0, 0.1) is 6.92 Å². The highest BCUT2D eigenvalue weighted by molar-refractivity contribution is 8.27. The summed E-state index contributed by atoms with van der Waals surface area (Å²) in [7, 11) is 1.64. The van der Waals surface area contributed by atoms with Gasteiger partial charge < -0.3 is 4.74 Å². The second-order valence-electron chi connectivity index (χ2n) is 5.08. The molecule has 0 radical (unpaired) electrons. The van der Waals surface area contributed by atoms with Gasteiger partial charge in [-0.2, -0.15) is 0 Å². The zero-order chi connectivity index (χ0) is 16.4. The van der Waals surface area contributed by atoms with Crippen molar-refractivity contribution >= 4 is 46.0 Å². The number of methoxy groups -OCH3 is 1. The molecule has 1 fully saturated rings. The first-order valence-electron chi connectivity index (χ1n) is 7.08. The van der Waals surface area contributed by atoms with Gasteiger partial charge in [-0.15, -0.1) is 0 Å². The minimum absolute atomic E-state index is 0.0919. The van der Waals surface area contributed by atoms with Gasteiger partial charge in [-0.3, -0.25) is 9.69 Å². The Labute approximate surface area is 144 Å². The standard InChI is InChI=1S/C18H15NO2S2/c1-12-8-9-13(10-15(12)21-2)11-16-17(20)19(18(22)23-16)14-6-4-3-5-7-14/h3-11H,1-2H3/b16-11+. The first-order valence-corrected chi connectivity index (χ1v) is 8.30. The van der Waals surface area contributed by atoms with Crippen LogP contribution in [0.5, 0.6) is 5.75 Å². The number of rotatable bonds is 3. The van der Waals surface area contributed by atoms with E-state index in [1.54, 1.807) is 12.0 Å². The van der Waals surface area contributed by atoms with Crippen LogP contribution in [0.1, 0.15) is 11.1 Å². The number of thiocarbonyl (C=S) groups is 1. The maximum atomic E-state index is 12.7. The molecule has 23 heavy (non-hydrogen) atoms. The Morgan fingerprint density at radius 3 is 2.61 bits per heavy atom. The van der Waals surface area contributed by atoms with Crippen molar-refractivity contribution in [3.8, 4) is 5.75 Å². The second-order valence-corrected chi connectivity index (χ2v) is 6.76. The molecule has 1 saturated heterocycles. The van der Waals surface area contributed by atoms with Crippen LogP contribution in [0.25, 0.3) is 6.08 Å². The fraction of sp³-hybridized carbons (Fsp3) is 0.111. The van der Waals surface area contributed by atoms with E-state index in [-0.39, 0.29) is 5.91 Å². The van der Waals surface area contributed by atoms with Crippen molar-refractivity contribution in [2.24, 2.45) is 0 Å². The zero-order valence-electron chi connectivity index (χ0n) is 12.8. The van der Waals surface area contributed by atoms with Crippen molar-refractivity contribution in [1.29, 1.82) is 0 Å². The van der Waals surface area contributed by atoms with E-state index in [9.17, 15) is 4.79 Å². The van der Waals surface area contributed by atoms with E-state index in [1.807, 2.05) is 61.5 Å². The highest BCUT2D eigenvalue weighted by Crippen LogP contribution is 2.36. The van der Waals surface area contributed by atoms with Crippen LogP contribution in [0.3, 0.4) is 0 Å². The number of benzene rings is 2. The summed E-state index contributed by atoms with van der Waals surface area (Å²) >= 11 is 6.68. The van der Waals surface area contributed by atoms with E-state index >= 15 is 0 Å². The Morgan fingerprint density at radius 2 is 1.91 bits per heavy atom. The van der Waals surface area contributed by atoms with E-state index in [4.69, 9.17) is 17.0 Å². The molecular weight excluding hydrogens is 326 g/mol. The first-order chi connectivity index (χ1) is 11.1. The van der Waals surface area contributed by atoms with Gasteiger partial charge in [0, 0.05) is 0 Å². The average Bonchev–Trinajstić information content (AvgIpc) is 2.84. The smallest absolute Gasteiger partial charge is 0.270 e. The third-order valence-corrected chi connectivity index (χ3v) is 4.84. The Bertz CT molecular complexity index is 800. The van der Waals surface area contributed by atoms with Crippen LogP contribution in [-0.2, 0) is 4.79 Å². The molecule has 2 aromatic rings. The summed E-state index contributed by atoms with van der Waals surface area (Å²) in [6.07, 6.45) is 1.85. The van der Waals surface area contributed by atoms with Crippen molar-refractivity contribution < 1.29 is 9.53 Å². The Kier molecular flexibility index (Phi) is 4.50. The van der Waals surface area contributed by atoms with Crippen LogP contribution >= 0.6 is 24.0 Å². The number of aryl methyl sites for hydroxylation is 1. The van der Waals surface area contributed by atoms with Gasteiger partial charge in [0.05, 0.1) is 17.7 Å². The number of thioether (sulfide) groups is 1. The number of hydrogen-bond acceptors (Lipinski definition) is 4. The predicted molar refractivity (Wildman–Crippen MR) is 99.8 cm³/mol. The molecule has 5 heteroatoms. The molecule has 1 aliphatic rings. The maximum absolute atomic E-state index is 12.7. The summed E-state index contributed by atoms with van der Waals surface area (Å²) in [6, 6.07) is 15.3. The van der Waals surface area contributed by atoms with Gasteiger partial charge in [0.25, 0.3) is 5.91 Å². The van der Waals surface area contributed by atoms with Gasteiger partial charge in [0.1, 0.15) is 5.75 Å². The summed E-state index contributed by atoms with van der Waals surface area (Å²) < 4.78 is 5.88. The lowest BCUT2D eigenvalue weighted by molar-refractivity contribution is -0.113. The molecule has 0 bridgehead atoms. The Balaban J connectivity index is 1.93. The lowest BCUT2D eigenvalue weighted by Crippen LogP contribution is -2.27. The fourth-order valence-corrected chi connectivity index (χ4v) is 3.64. The summed E-state index contributed by atoms with van der Waals surface area (Å²) in [5.41, 5.74) is 2.77. The number of amides is 1. The van der Waals surface area contributed by atoms with Crippen LogP contribution in [0.2, 0.25) is 0 Å². The molecule has 3 rings (SSSR count). The molecule has 0 saturated carbocycles. The number of anilines is 1. The lowest BCUT2D eigenvalue weighted by atomic mass is 10.1. The molecule has 0 spiro atoms. The van der Waals surface area contributed by atoms with Crippen molar-refractivity contribution in [3.05, 3.63) is 64.6 Å². The molecule has 3 nitrogen and oxygen atoms in total. The Hall–Kier alpha value is -2.11. The van der Waals surface area contributed by atoms with Gasteiger partial charge in [-0.05, 0) is 42.3 Å². The maximum Gasteiger partial charge on any atom is 0.270 e. The molecule has 116 valence electrons. The van der Waals surface area contributed by atoms with Gasteiger partial charge in [0.15, 0.2) is 4.32 Å². The lowest BCUT2D eigenvalue weighted by Gasteiger charge is -2.13. The first kappa shape index (κ1) is 15.8. The molecule has 0 aliphatic carbocycles. The molecule has 2 aromatic carbocycles. The van der Waals surface area contributed by atoms with Crippen LogP contribution < -0.4 is 9.64 Å². The number of para-hydroxylation sites is 1. The molecule has 1 aliphatic heterocycles. The average molecular weight is 341 g/mol. The predicted octanol–water partition coefficient (Wildman–Crippen LogP) is 4.41. The van der Waals surface area contributed by atoms with Crippen LogP contribution in [0.4, 0.5) is 5.69 Å². The highest BCUT2D eigenvalue weighted by atomic mass is 32.2. The monoisotopic (exact) mass is 341 g/mol. The molecule has 0 atom stereocenters. The van der Waals surface area contributed by atoms with Crippen molar-refractivity contribution in [2.75, 3.05) is 12.0 Å². The van der Waals surface area contributed by atoms with E-state index in [0.717, 1.165) is 22.6 Å². The quantitative estimate of drug-likeness (QED) is 0.611. The van der Waals surface area contributed by atoms with Crippen LogP contribution in [-0.4, -0.2) is 17.3 Å². The largest absolute Gasteiger partial charge is 0.496 e. The molecular formula is C18H15NO2S2. The van der Waals surface area contributed by atoms with Gasteiger partial charge in [0.2, 0.25) is 0 Å². The summed E-state index contributed by atoms with van der Waals surface area (Å²) in [6.45, 7) is 1.98. The highest BCUT2D eigenvalue weighted by Gasteiger charge is 2.33. The third-order valence-electron chi connectivity index (χ3n) is 3.54. The summed E-state index contributed by atoms with van der Waals surface area (Å²) in [5.74, 6) is 0.711. The number of carbonyl (C=O) groups excluding carboxylic acids is 1. The SMILES string of the molecule is COc1cc(/C=C2/SC(=S)N(c3ccccc3)C2=O)ccc1C. The summed E-state index contributed by atoms with van der Waals surface area (Å²) in [4.78, 5) is 14.8. The number of ether oxygens (including phenoxy) is 1. The minimum atomic E-state index is -0.0919. The molecule has 0 N–H and O–H groups in total. The minimum Gasteiger partial charge on any atom is -0.496 e. The van der Waals surface area contributed by atoms with Gasteiger partial charge >= 0.3 is 0 Å². The molecule has 1 amide bonds. The van der Waals surface area contributed by atoms with Gasteiger partial charge in [-0.1, -0.05) is 54.3 Å². The van der Waals surface area contributed by atoms with Crippen molar-refractivity contribution in [3.63, 3.8) is 0 Å². The van der Waals surface area contributed by atoms with Gasteiger partial charge in [-0.25, -0.2) is 0 Å². The van der Waals surface area contributed by atoms with E-state index in [0.29, 0.717) is 9.23 Å². The molecule has 0 aromatic heterocycles.